The van der Waals surface area contributed by atoms with Crippen LogP contribution in [0.15, 0.2) is 101 Å². The lowest BCUT2D eigenvalue weighted by molar-refractivity contribution is -0.114. The zero-order chi connectivity index (χ0) is 27.8. The van der Waals surface area contributed by atoms with E-state index < -0.39 is 5.92 Å². The summed E-state index contributed by atoms with van der Waals surface area (Å²) in [5.41, 5.74) is 3.41. The minimum atomic E-state index is -0.641. The zero-order valence-corrected chi connectivity index (χ0v) is 23.0. The summed E-state index contributed by atoms with van der Waals surface area (Å²) in [6.07, 6.45) is 0. The average molecular weight is 559 g/mol. The van der Waals surface area contributed by atoms with Crippen molar-refractivity contribution in [3.05, 3.63) is 111 Å². The number of ether oxygens (including phenoxy) is 1. The van der Waals surface area contributed by atoms with Crippen molar-refractivity contribution in [3.63, 3.8) is 0 Å². The van der Waals surface area contributed by atoms with Crippen molar-refractivity contribution in [2.45, 2.75) is 19.8 Å². The number of dihydropyridines is 1. The minimum Gasteiger partial charge on any atom is -0.494 e. The predicted octanol–water partition coefficient (Wildman–Crippen LogP) is 6.45. The van der Waals surface area contributed by atoms with Crippen LogP contribution in [0.5, 0.6) is 5.75 Å². The molecule has 0 unspecified atom stereocenters. The van der Waals surface area contributed by atoms with Gasteiger partial charge in [0.1, 0.15) is 5.75 Å². The number of para-hydroxylation sites is 1. The number of nitrogens with one attached hydrogen (secondary N) is 3. The Kier molecular flexibility index (Phi) is 9.31. The number of thioether (sulfide) groups is 1. The molecule has 3 N–H and O–H groups in total. The Morgan fingerprint density at radius 2 is 1.67 bits per heavy atom. The van der Waals surface area contributed by atoms with Gasteiger partial charge in [-0.3, -0.25) is 9.59 Å². The number of amides is 2. The smallest absolute Gasteiger partial charge is 0.254 e. The van der Waals surface area contributed by atoms with Crippen LogP contribution >= 0.6 is 23.4 Å². The van der Waals surface area contributed by atoms with Crippen LogP contribution in [-0.4, -0.2) is 24.2 Å². The molecule has 2 amide bonds. The number of allylic oxidation sites excluding steroid dienone is 2. The maximum atomic E-state index is 13.5. The van der Waals surface area contributed by atoms with Gasteiger partial charge in [-0.05, 0) is 67.9 Å². The molecule has 1 atom stereocenters. The second-order valence-electron chi connectivity index (χ2n) is 8.62. The lowest BCUT2D eigenvalue weighted by Gasteiger charge is -2.30. The molecule has 39 heavy (non-hydrogen) atoms. The number of nitrogens with zero attached hydrogens (tertiary/aromatic N) is 1. The highest BCUT2D eigenvalue weighted by atomic mass is 35.5. The van der Waals surface area contributed by atoms with Gasteiger partial charge in [0, 0.05) is 27.7 Å². The molecule has 1 aliphatic rings. The van der Waals surface area contributed by atoms with Crippen LogP contribution in [0.2, 0.25) is 5.02 Å². The molecule has 7 nitrogen and oxygen atoms in total. The predicted molar refractivity (Wildman–Crippen MR) is 156 cm³/mol. The summed E-state index contributed by atoms with van der Waals surface area (Å²) in [4.78, 5) is 26.2. The molecule has 0 fully saturated rings. The fraction of sp³-hybridized carbons (Fsp3) is 0.167. The molecule has 0 saturated heterocycles. The summed E-state index contributed by atoms with van der Waals surface area (Å²) in [5, 5.41) is 20.4. The van der Waals surface area contributed by atoms with Gasteiger partial charge in [0.05, 0.1) is 34.9 Å². The van der Waals surface area contributed by atoms with Crippen molar-refractivity contribution < 1.29 is 14.3 Å². The van der Waals surface area contributed by atoms with Crippen molar-refractivity contribution in [2.24, 2.45) is 0 Å². The molecule has 0 aliphatic carbocycles. The molecule has 1 heterocycles. The van der Waals surface area contributed by atoms with E-state index in [0.29, 0.717) is 50.6 Å². The van der Waals surface area contributed by atoms with Crippen LogP contribution in [0.4, 0.5) is 11.4 Å². The molecule has 0 aromatic heterocycles. The van der Waals surface area contributed by atoms with E-state index in [4.69, 9.17) is 16.3 Å². The highest BCUT2D eigenvalue weighted by Crippen LogP contribution is 2.41. The number of nitriles is 1. The average Bonchev–Trinajstić information content (AvgIpc) is 2.94. The standard InChI is InChI=1S/C30H27ClN4O3S/c1-3-38-24-15-9-20(10-16-24)28-25(17-32)30(39-18-26(36)34-23-13-11-21(31)12-14-23)33-19(2)27(28)29(37)35-22-7-5-4-6-8-22/h4-16,28,33H,3,18H2,1-2H3,(H,34,36)(H,35,37)/t28-/m0/s1. The molecular formula is C30H27ClN4O3S. The van der Waals surface area contributed by atoms with E-state index in [-0.39, 0.29) is 17.6 Å². The Hall–Kier alpha value is -4.19. The lowest BCUT2D eigenvalue weighted by Crippen LogP contribution is -2.31. The molecule has 0 bridgehead atoms. The van der Waals surface area contributed by atoms with Crippen molar-refractivity contribution in [3.8, 4) is 11.8 Å². The van der Waals surface area contributed by atoms with Gasteiger partial charge in [0.25, 0.3) is 5.91 Å². The van der Waals surface area contributed by atoms with Crippen LogP contribution in [0, 0.1) is 11.3 Å². The summed E-state index contributed by atoms with van der Waals surface area (Å²) in [5.74, 6) is -0.437. The number of rotatable bonds is 9. The molecule has 3 aromatic rings. The zero-order valence-electron chi connectivity index (χ0n) is 21.5. The molecule has 198 valence electrons. The molecule has 1 aliphatic heterocycles. The van der Waals surface area contributed by atoms with Gasteiger partial charge in [-0.1, -0.05) is 53.7 Å². The Bertz CT molecular complexity index is 1450. The molecule has 9 heteroatoms. The Morgan fingerprint density at radius 1 is 1.00 bits per heavy atom. The fourth-order valence-corrected chi connectivity index (χ4v) is 5.19. The lowest BCUT2D eigenvalue weighted by atomic mass is 9.82. The second kappa shape index (κ2) is 13.1. The van der Waals surface area contributed by atoms with Crippen LogP contribution in [0.25, 0.3) is 0 Å². The second-order valence-corrected chi connectivity index (χ2v) is 10.0. The first-order valence-corrected chi connectivity index (χ1v) is 13.7. The Labute approximate surface area is 236 Å². The maximum Gasteiger partial charge on any atom is 0.254 e. The number of carbonyl (C=O) groups is 2. The van der Waals surface area contributed by atoms with E-state index in [2.05, 4.69) is 22.0 Å². The van der Waals surface area contributed by atoms with E-state index in [1.807, 2.05) is 49.4 Å². The van der Waals surface area contributed by atoms with Gasteiger partial charge in [-0.25, -0.2) is 0 Å². The number of halogens is 1. The highest BCUT2D eigenvalue weighted by Gasteiger charge is 2.35. The Morgan fingerprint density at radius 3 is 2.31 bits per heavy atom. The van der Waals surface area contributed by atoms with Crippen molar-refractivity contribution >= 4 is 46.6 Å². The summed E-state index contributed by atoms with van der Waals surface area (Å²) >= 11 is 7.13. The van der Waals surface area contributed by atoms with E-state index in [1.54, 1.807) is 43.3 Å². The molecule has 0 spiro atoms. The third-order valence-corrected chi connectivity index (χ3v) is 7.19. The van der Waals surface area contributed by atoms with E-state index in [0.717, 1.165) is 5.56 Å². The molecule has 3 aromatic carbocycles. The summed E-state index contributed by atoms with van der Waals surface area (Å²) in [6.45, 7) is 4.23. The van der Waals surface area contributed by atoms with Gasteiger partial charge >= 0.3 is 0 Å². The number of hydrogen-bond acceptors (Lipinski definition) is 6. The fourth-order valence-electron chi connectivity index (χ4n) is 4.17. The normalized spacial score (nSPS) is 14.8. The number of benzene rings is 3. The summed E-state index contributed by atoms with van der Waals surface area (Å²) in [7, 11) is 0. The van der Waals surface area contributed by atoms with Crippen molar-refractivity contribution in [1.29, 1.82) is 5.26 Å². The van der Waals surface area contributed by atoms with Gasteiger partial charge in [0.15, 0.2) is 0 Å². The highest BCUT2D eigenvalue weighted by molar-refractivity contribution is 8.03. The van der Waals surface area contributed by atoms with E-state index in [9.17, 15) is 14.9 Å². The molecule has 4 rings (SSSR count). The third-order valence-electron chi connectivity index (χ3n) is 5.92. The minimum absolute atomic E-state index is 0.0605. The quantitative estimate of drug-likeness (QED) is 0.279. The first-order chi connectivity index (χ1) is 18.9. The molecule has 0 radical (unpaired) electrons. The van der Waals surface area contributed by atoms with Gasteiger partial charge in [0.2, 0.25) is 5.91 Å². The maximum absolute atomic E-state index is 13.5. The summed E-state index contributed by atoms with van der Waals surface area (Å²) in [6, 6.07) is 25.6. The van der Waals surface area contributed by atoms with Crippen molar-refractivity contribution in [1.82, 2.24) is 5.32 Å². The van der Waals surface area contributed by atoms with Crippen LogP contribution < -0.4 is 20.7 Å². The van der Waals surface area contributed by atoms with Crippen LogP contribution in [-0.2, 0) is 9.59 Å². The van der Waals surface area contributed by atoms with E-state index in [1.165, 1.54) is 11.8 Å². The Balaban J connectivity index is 1.63. The largest absolute Gasteiger partial charge is 0.494 e. The first kappa shape index (κ1) is 27.8. The summed E-state index contributed by atoms with van der Waals surface area (Å²) < 4.78 is 5.58. The number of hydrogen-bond donors (Lipinski definition) is 3. The molecule has 0 saturated carbocycles. The van der Waals surface area contributed by atoms with Crippen molar-refractivity contribution in [2.75, 3.05) is 23.0 Å². The van der Waals surface area contributed by atoms with Crippen LogP contribution in [0.1, 0.15) is 25.3 Å². The van der Waals surface area contributed by atoms with Gasteiger partial charge in [-0.2, -0.15) is 5.26 Å². The molecular weight excluding hydrogens is 532 g/mol. The van der Waals surface area contributed by atoms with E-state index >= 15 is 0 Å². The SMILES string of the molecule is CCOc1ccc([C@H]2C(C#N)=C(SCC(=O)Nc3ccc(Cl)cc3)NC(C)=C2C(=O)Nc2ccccc2)cc1. The topological polar surface area (TPSA) is 103 Å². The number of anilines is 2. The third kappa shape index (κ3) is 7.02. The first-order valence-electron chi connectivity index (χ1n) is 12.3. The van der Waals surface area contributed by atoms with Gasteiger partial charge in [-0.15, -0.1) is 0 Å². The van der Waals surface area contributed by atoms with Gasteiger partial charge < -0.3 is 20.7 Å². The van der Waals surface area contributed by atoms with Crippen LogP contribution in [0.3, 0.4) is 0 Å². The number of carbonyl (C=O) groups excluding carboxylic acids is 2. The monoisotopic (exact) mass is 558 g/mol.